The Hall–Kier alpha value is -0.610. The highest BCUT2D eigenvalue weighted by Crippen LogP contribution is 2.30. The van der Waals surface area contributed by atoms with Gasteiger partial charge in [-0.05, 0) is 19.8 Å². The summed E-state index contributed by atoms with van der Waals surface area (Å²) in [6, 6.07) is 0. The molecule has 1 N–H and O–H groups in total. The molecule has 0 aromatic heterocycles. The first-order valence-electron chi connectivity index (χ1n) is 4.65. The molecule has 0 aromatic rings. The zero-order valence-corrected chi connectivity index (χ0v) is 8.25. The molecule has 1 aliphatic carbocycles. The molecule has 4 heteroatoms. The van der Waals surface area contributed by atoms with Gasteiger partial charge in [0.1, 0.15) is 0 Å². The van der Waals surface area contributed by atoms with Crippen molar-refractivity contribution in [2.45, 2.75) is 38.4 Å². The lowest BCUT2D eigenvalue weighted by Gasteiger charge is -2.35. The molecule has 0 bridgehead atoms. The number of rotatable bonds is 3. The molecular weight excluding hydrogens is 170 g/mol. The number of oxime groups is 1. The summed E-state index contributed by atoms with van der Waals surface area (Å²) < 4.78 is 10.9. The predicted octanol–water partition coefficient (Wildman–Crippen LogP) is 1.77. The van der Waals surface area contributed by atoms with Crippen molar-refractivity contribution in [2.75, 3.05) is 13.7 Å². The summed E-state index contributed by atoms with van der Waals surface area (Å²) >= 11 is 0. The van der Waals surface area contributed by atoms with Crippen molar-refractivity contribution in [3.63, 3.8) is 0 Å². The average Bonchev–Trinajstić information content (AvgIpc) is 2.19. The first kappa shape index (κ1) is 10.5. The average molecular weight is 187 g/mol. The molecule has 1 rings (SSSR count). The fourth-order valence-electron chi connectivity index (χ4n) is 1.69. The summed E-state index contributed by atoms with van der Waals surface area (Å²) in [6.45, 7) is 2.61. The van der Waals surface area contributed by atoms with Gasteiger partial charge >= 0.3 is 0 Å². The van der Waals surface area contributed by atoms with Crippen molar-refractivity contribution in [1.82, 2.24) is 0 Å². The lowest BCUT2D eigenvalue weighted by molar-refractivity contribution is -0.229. The monoisotopic (exact) mass is 187 g/mol. The second-order valence-electron chi connectivity index (χ2n) is 3.21. The van der Waals surface area contributed by atoms with E-state index in [4.69, 9.17) is 14.7 Å². The van der Waals surface area contributed by atoms with Crippen LogP contribution in [0.5, 0.6) is 0 Å². The minimum absolute atomic E-state index is 0.442. The van der Waals surface area contributed by atoms with Crippen molar-refractivity contribution in [3.8, 4) is 0 Å². The molecule has 1 fully saturated rings. The Kier molecular flexibility index (Phi) is 3.69. The Bertz CT molecular complexity index is 181. The van der Waals surface area contributed by atoms with Gasteiger partial charge in [0.25, 0.3) is 0 Å². The van der Waals surface area contributed by atoms with Gasteiger partial charge in [-0.2, -0.15) is 0 Å². The maximum atomic E-state index is 8.57. The maximum Gasteiger partial charge on any atom is 0.168 e. The maximum absolute atomic E-state index is 8.57. The summed E-state index contributed by atoms with van der Waals surface area (Å²) in [5.74, 6) is -0.442. The highest BCUT2D eigenvalue weighted by Gasteiger charge is 2.34. The van der Waals surface area contributed by atoms with Crippen LogP contribution in [0, 0.1) is 0 Å². The van der Waals surface area contributed by atoms with E-state index < -0.39 is 5.79 Å². The Morgan fingerprint density at radius 2 is 2.08 bits per heavy atom. The summed E-state index contributed by atoms with van der Waals surface area (Å²) in [6.07, 6.45) is 3.06. The van der Waals surface area contributed by atoms with E-state index in [1.807, 2.05) is 6.92 Å². The Balaban J connectivity index is 2.52. The molecule has 0 atom stereocenters. The Labute approximate surface area is 78.5 Å². The smallest absolute Gasteiger partial charge is 0.168 e. The predicted molar refractivity (Wildman–Crippen MR) is 49.1 cm³/mol. The number of ether oxygens (including phenoxy) is 2. The van der Waals surface area contributed by atoms with Crippen LogP contribution >= 0.6 is 0 Å². The standard InChI is InChI=1S/C9H17NO3/c1-3-13-9(12-2)6-4-8(10-11)5-7-9/h11H,3-7H2,1-2H3. The highest BCUT2D eigenvalue weighted by atomic mass is 16.7. The van der Waals surface area contributed by atoms with Gasteiger partial charge in [-0.3, -0.25) is 0 Å². The molecule has 0 amide bonds. The quantitative estimate of drug-likeness (QED) is 0.416. The first-order valence-corrected chi connectivity index (χ1v) is 4.65. The molecule has 0 radical (unpaired) electrons. The van der Waals surface area contributed by atoms with Crippen LogP contribution < -0.4 is 0 Å². The van der Waals surface area contributed by atoms with Crippen molar-refractivity contribution >= 4 is 5.71 Å². The number of methoxy groups -OCH3 is 1. The van der Waals surface area contributed by atoms with Crippen LogP contribution in [0.25, 0.3) is 0 Å². The van der Waals surface area contributed by atoms with E-state index in [0.29, 0.717) is 6.61 Å². The molecule has 76 valence electrons. The van der Waals surface area contributed by atoms with Gasteiger partial charge in [-0.25, -0.2) is 0 Å². The number of hydrogen-bond donors (Lipinski definition) is 1. The van der Waals surface area contributed by atoms with Crippen LogP contribution in [0.15, 0.2) is 5.16 Å². The minimum atomic E-state index is -0.442. The summed E-state index contributed by atoms with van der Waals surface area (Å²) in [5, 5.41) is 11.8. The van der Waals surface area contributed by atoms with Crippen LogP contribution in [-0.4, -0.2) is 30.4 Å². The lowest BCUT2D eigenvalue weighted by atomic mass is 9.92. The fourth-order valence-corrected chi connectivity index (χ4v) is 1.69. The van der Waals surface area contributed by atoms with Gasteiger partial charge in [0.2, 0.25) is 0 Å². The van der Waals surface area contributed by atoms with Crippen LogP contribution in [0.1, 0.15) is 32.6 Å². The zero-order valence-electron chi connectivity index (χ0n) is 8.25. The molecule has 0 spiro atoms. The van der Waals surface area contributed by atoms with Crippen molar-refractivity contribution in [2.24, 2.45) is 5.16 Å². The minimum Gasteiger partial charge on any atom is -0.411 e. The molecular formula is C9H17NO3. The van der Waals surface area contributed by atoms with Crippen LogP contribution in [-0.2, 0) is 9.47 Å². The fraction of sp³-hybridized carbons (Fsp3) is 0.889. The van der Waals surface area contributed by atoms with E-state index >= 15 is 0 Å². The SMILES string of the molecule is CCOC1(OC)CCC(=NO)CC1. The van der Waals surface area contributed by atoms with Crippen molar-refractivity contribution in [3.05, 3.63) is 0 Å². The van der Waals surface area contributed by atoms with E-state index in [0.717, 1.165) is 31.4 Å². The second-order valence-corrected chi connectivity index (χ2v) is 3.21. The van der Waals surface area contributed by atoms with Gasteiger partial charge in [0.15, 0.2) is 5.79 Å². The molecule has 13 heavy (non-hydrogen) atoms. The van der Waals surface area contributed by atoms with Crippen molar-refractivity contribution < 1.29 is 14.7 Å². The van der Waals surface area contributed by atoms with Gasteiger partial charge in [-0.1, -0.05) is 5.16 Å². The summed E-state index contributed by atoms with van der Waals surface area (Å²) in [7, 11) is 1.66. The van der Waals surface area contributed by atoms with Gasteiger partial charge < -0.3 is 14.7 Å². The number of hydrogen-bond acceptors (Lipinski definition) is 4. The van der Waals surface area contributed by atoms with Crippen molar-refractivity contribution in [1.29, 1.82) is 0 Å². The molecule has 0 unspecified atom stereocenters. The van der Waals surface area contributed by atoms with Crippen LogP contribution in [0.2, 0.25) is 0 Å². The van der Waals surface area contributed by atoms with Gasteiger partial charge in [-0.15, -0.1) is 0 Å². The highest BCUT2D eigenvalue weighted by molar-refractivity contribution is 5.84. The van der Waals surface area contributed by atoms with E-state index in [9.17, 15) is 0 Å². The first-order chi connectivity index (χ1) is 6.26. The summed E-state index contributed by atoms with van der Waals surface area (Å²) in [5.41, 5.74) is 0.840. The summed E-state index contributed by atoms with van der Waals surface area (Å²) in [4.78, 5) is 0. The van der Waals surface area contributed by atoms with E-state index in [1.54, 1.807) is 7.11 Å². The third-order valence-electron chi connectivity index (χ3n) is 2.51. The van der Waals surface area contributed by atoms with Gasteiger partial charge in [0, 0.05) is 26.6 Å². The number of nitrogens with zero attached hydrogens (tertiary/aromatic N) is 1. The Morgan fingerprint density at radius 3 is 2.46 bits per heavy atom. The normalized spacial score (nSPS) is 28.9. The Morgan fingerprint density at radius 1 is 1.46 bits per heavy atom. The van der Waals surface area contributed by atoms with Crippen LogP contribution in [0.3, 0.4) is 0 Å². The molecule has 0 heterocycles. The van der Waals surface area contributed by atoms with Gasteiger partial charge in [0.05, 0.1) is 5.71 Å². The third kappa shape index (κ3) is 2.42. The van der Waals surface area contributed by atoms with E-state index in [1.165, 1.54) is 0 Å². The molecule has 1 saturated carbocycles. The molecule has 0 aromatic carbocycles. The topological polar surface area (TPSA) is 51.0 Å². The molecule has 0 aliphatic heterocycles. The lowest BCUT2D eigenvalue weighted by Crippen LogP contribution is -2.39. The molecule has 0 saturated heterocycles. The molecule has 4 nitrogen and oxygen atoms in total. The van der Waals surface area contributed by atoms with E-state index in [2.05, 4.69) is 5.16 Å². The molecule has 1 aliphatic rings. The largest absolute Gasteiger partial charge is 0.411 e. The second kappa shape index (κ2) is 4.58. The van der Waals surface area contributed by atoms with Crippen LogP contribution in [0.4, 0.5) is 0 Å². The zero-order chi connectivity index (χ0) is 9.73. The third-order valence-corrected chi connectivity index (χ3v) is 2.51. The van der Waals surface area contributed by atoms with E-state index in [-0.39, 0.29) is 0 Å².